The summed E-state index contributed by atoms with van der Waals surface area (Å²) in [5.74, 6) is -1.70. The summed E-state index contributed by atoms with van der Waals surface area (Å²) in [5, 5.41) is 59.1. The number of anilines is 1. The van der Waals surface area contributed by atoms with Crippen LogP contribution in [0.15, 0.2) is 84.9 Å². The van der Waals surface area contributed by atoms with Gasteiger partial charge in [0.1, 0.15) is 24.6 Å². The predicted octanol–water partition coefficient (Wildman–Crippen LogP) is 5.57. The van der Waals surface area contributed by atoms with E-state index in [0.29, 0.717) is 33.8 Å². The van der Waals surface area contributed by atoms with Crippen LogP contribution in [0.25, 0.3) is 22.4 Å². The highest BCUT2D eigenvalue weighted by Crippen LogP contribution is 2.42. The molecule has 17 heteroatoms. The third-order valence-corrected chi connectivity index (χ3v) is 8.71. The molecule has 0 saturated heterocycles. The molecular formula is C39H49FN4O12. The summed E-state index contributed by atoms with van der Waals surface area (Å²) in [6.07, 6.45) is -5.12. The molecule has 0 aliphatic heterocycles. The van der Waals surface area contributed by atoms with Gasteiger partial charge in [0.2, 0.25) is 0 Å². The van der Waals surface area contributed by atoms with Crippen LogP contribution < -0.4 is 5.32 Å². The highest BCUT2D eigenvalue weighted by atomic mass is 19.1. The molecule has 0 radical (unpaired) electrons. The Morgan fingerprint density at radius 2 is 1.43 bits per heavy atom. The van der Waals surface area contributed by atoms with E-state index in [2.05, 4.69) is 15.0 Å². The zero-order chi connectivity index (χ0) is 40.8. The number of hydrogen-bond acceptors (Lipinski definition) is 14. The van der Waals surface area contributed by atoms with Gasteiger partial charge < -0.3 is 29.6 Å². The summed E-state index contributed by atoms with van der Waals surface area (Å²) in [6, 6.07) is 24.5. The number of carbonyl (C=O) groups is 2. The largest absolute Gasteiger partial charge is 0.463 e. The monoisotopic (exact) mass is 784 g/mol. The number of aliphatic hydroxyl groups excluding tert-OH is 2. The number of amides is 1. The van der Waals surface area contributed by atoms with E-state index in [1.165, 1.54) is 19.1 Å². The second kappa shape index (κ2) is 21.6. The van der Waals surface area contributed by atoms with Crippen molar-refractivity contribution in [2.45, 2.75) is 76.9 Å². The van der Waals surface area contributed by atoms with E-state index in [9.17, 15) is 24.2 Å². The smallest absolute Gasteiger partial charge is 0.308 e. The minimum Gasteiger partial charge on any atom is -0.463 e. The maximum atomic E-state index is 14.2. The van der Waals surface area contributed by atoms with Crippen LogP contribution in [-0.4, -0.2) is 103 Å². The summed E-state index contributed by atoms with van der Waals surface area (Å²) < 4.78 is 26.6. The maximum Gasteiger partial charge on any atom is 0.308 e. The number of para-hydroxylation sites is 1. The second-order valence-electron chi connectivity index (χ2n) is 13.3. The molecule has 4 unspecified atom stereocenters. The number of halogens is 1. The lowest BCUT2D eigenvalue weighted by Crippen LogP contribution is -2.40. The van der Waals surface area contributed by atoms with Gasteiger partial charge in [-0.25, -0.2) is 14.1 Å². The number of nitrogens with one attached hydrogen (secondary N) is 1. The summed E-state index contributed by atoms with van der Waals surface area (Å²) >= 11 is 0. The number of esters is 1. The molecule has 304 valence electrons. The lowest BCUT2D eigenvalue weighted by atomic mass is 9.94. The van der Waals surface area contributed by atoms with Crippen molar-refractivity contribution in [2.75, 3.05) is 25.1 Å². The van der Waals surface area contributed by atoms with Crippen LogP contribution in [0.4, 0.5) is 10.1 Å². The SMILES string of the molecule is CC(C)c1c(C(=O)Nc2ccccc2)c(-c2ccccc2)c(-c2ccc(F)cc2)n1CCC(O)CC(O)CC(=O)OCCOCC(ON(O)O)C(C)ON(O)O. The Balaban J connectivity index is 1.47. The molecule has 3 aromatic carbocycles. The zero-order valence-corrected chi connectivity index (χ0v) is 31.3. The molecule has 0 aliphatic rings. The van der Waals surface area contributed by atoms with Crippen LogP contribution in [0.5, 0.6) is 0 Å². The van der Waals surface area contributed by atoms with Crippen molar-refractivity contribution in [1.82, 2.24) is 15.3 Å². The van der Waals surface area contributed by atoms with E-state index < -0.39 is 53.4 Å². The van der Waals surface area contributed by atoms with Crippen LogP contribution in [0.3, 0.4) is 0 Å². The summed E-state index contributed by atoms with van der Waals surface area (Å²) in [4.78, 5) is 35.9. The fraction of sp³-hybridized carbons (Fsp3) is 0.385. The van der Waals surface area contributed by atoms with Gasteiger partial charge in [-0.05, 0) is 73.2 Å². The van der Waals surface area contributed by atoms with Crippen molar-refractivity contribution in [3.63, 3.8) is 0 Å². The average molecular weight is 785 g/mol. The van der Waals surface area contributed by atoms with Gasteiger partial charge in [-0.2, -0.15) is 0 Å². The highest BCUT2D eigenvalue weighted by Gasteiger charge is 2.31. The van der Waals surface area contributed by atoms with E-state index in [1.54, 1.807) is 24.3 Å². The number of aromatic nitrogens is 1. The van der Waals surface area contributed by atoms with Crippen LogP contribution in [0, 0.1) is 5.82 Å². The molecule has 0 fully saturated rings. The van der Waals surface area contributed by atoms with Crippen molar-refractivity contribution >= 4 is 17.6 Å². The number of aliphatic hydroxyl groups is 2. The highest BCUT2D eigenvalue weighted by molar-refractivity contribution is 6.12. The van der Waals surface area contributed by atoms with Crippen molar-refractivity contribution in [3.05, 3.63) is 102 Å². The van der Waals surface area contributed by atoms with E-state index >= 15 is 0 Å². The van der Waals surface area contributed by atoms with Crippen molar-refractivity contribution in [1.29, 1.82) is 0 Å². The molecule has 4 aromatic rings. The van der Waals surface area contributed by atoms with Gasteiger partial charge >= 0.3 is 5.97 Å². The Morgan fingerprint density at radius 3 is 2.04 bits per heavy atom. The lowest BCUT2D eigenvalue weighted by Gasteiger charge is -2.24. The molecule has 0 bridgehead atoms. The number of hydrogen-bond donors (Lipinski definition) is 7. The van der Waals surface area contributed by atoms with Crippen molar-refractivity contribution in [2.24, 2.45) is 0 Å². The summed E-state index contributed by atoms with van der Waals surface area (Å²) in [6.45, 7) is 4.71. The maximum absolute atomic E-state index is 14.2. The van der Waals surface area contributed by atoms with Gasteiger partial charge in [-0.15, -0.1) is 0 Å². The zero-order valence-electron chi connectivity index (χ0n) is 31.3. The Hall–Kier alpha value is -4.63. The van der Waals surface area contributed by atoms with Gasteiger partial charge in [0, 0.05) is 23.5 Å². The molecule has 0 aliphatic carbocycles. The molecule has 1 amide bonds. The molecule has 1 heterocycles. The minimum absolute atomic E-state index is 0.130. The summed E-state index contributed by atoms with van der Waals surface area (Å²) in [5.41, 5.74) is 4.47. The fourth-order valence-electron chi connectivity index (χ4n) is 6.26. The van der Waals surface area contributed by atoms with Gasteiger partial charge in [-0.1, -0.05) is 62.4 Å². The number of ether oxygens (including phenoxy) is 2. The molecule has 56 heavy (non-hydrogen) atoms. The first-order valence-corrected chi connectivity index (χ1v) is 18.0. The van der Waals surface area contributed by atoms with Gasteiger partial charge in [-0.3, -0.25) is 30.4 Å². The molecule has 0 spiro atoms. The first kappa shape index (κ1) is 44.1. The number of nitrogens with zero attached hydrogens (tertiary/aromatic N) is 3. The van der Waals surface area contributed by atoms with Crippen LogP contribution >= 0.6 is 0 Å². The second-order valence-corrected chi connectivity index (χ2v) is 13.3. The lowest BCUT2D eigenvalue weighted by molar-refractivity contribution is -0.538. The predicted molar refractivity (Wildman–Crippen MR) is 198 cm³/mol. The van der Waals surface area contributed by atoms with Crippen molar-refractivity contribution < 1.29 is 64.2 Å². The number of rotatable bonds is 22. The first-order valence-electron chi connectivity index (χ1n) is 18.0. The van der Waals surface area contributed by atoms with Crippen LogP contribution in [0.1, 0.15) is 62.0 Å². The van der Waals surface area contributed by atoms with Crippen LogP contribution in [0.2, 0.25) is 0 Å². The molecule has 16 nitrogen and oxygen atoms in total. The quantitative estimate of drug-likeness (QED) is 0.0295. The topological polar surface area (TPSA) is 216 Å². The molecule has 7 N–H and O–H groups in total. The average Bonchev–Trinajstić information content (AvgIpc) is 3.49. The van der Waals surface area contributed by atoms with Gasteiger partial charge in [0.15, 0.2) is 0 Å². The van der Waals surface area contributed by atoms with Gasteiger partial charge in [0.25, 0.3) is 5.91 Å². The number of carbonyl (C=O) groups excluding carboxylic acids is 2. The van der Waals surface area contributed by atoms with E-state index in [4.69, 9.17) is 30.3 Å². The molecule has 4 rings (SSSR count). The minimum atomic E-state index is -1.26. The fourth-order valence-corrected chi connectivity index (χ4v) is 6.26. The third kappa shape index (κ3) is 13.0. The standard InChI is InChI=1S/C39H49FN4O12/c1-25(2)37-36(39(48)41-30-12-8-5-9-13-30)35(27-10-6-4-7-11-27)38(28-14-16-29(40)17-15-28)42(37)19-18-31(45)22-32(46)23-34(47)54-21-20-53-24-33(56-44(51)52)26(3)55-43(49)50/h4-17,25-26,31-33,45-46,49-52H,18-24H2,1-3H3,(H,41,48). The Morgan fingerprint density at radius 1 is 0.804 bits per heavy atom. The van der Waals surface area contributed by atoms with E-state index in [0.717, 1.165) is 5.56 Å². The summed E-state index contributed by atoms with van der Waals surface area (Å²) in [7, 11) is 0. The van der Waals surface area contributed by atoms with Crippen LogP contribution in [-0.2, 0) is 30.5 Å². The molecular weight excluding hydrogens is 735 g/mol. The Labute approximate surface area is 323 Å². The number of benzene rings is 3. The Kier molecular flexibility index (Phi) is 17.0. The third-order valence-electron chi connectivity index (χ3n) is 8.71. The van der Waals surface area contributed by atoms with E-state index in [1.807, 2.05) is 66.9 Å². The Bertz CT molecular complexity index is 1810. The first-order chi connectivity index (χ1) is 26.7. The molecule has 4 atom stereocenters. The molecule has 0 saturated carbocycles. The normalized spacial score (nSPS) is 13.9. The molecule has 1 aromatic heterocycles. The van der Waals surface area contributed by atoms with Gasteiger partial charge in [0.05, 0.1) is 53.9 Å². The van der Waals surface area contributed by atoms with Crippen molar-refractivity contribution in [3.8, 4) is 22.4 Å². The van der Waals surface area contributed by atoms with E-state index in [-0.39, 0.29) is 51.0 Å².